The molecule has 2 aromatic rings. The van der Waals surface area contributed by atoms with E-state index >= 15 is 0 Å². The molecule has 0 amide bonds. The maximum Gasteiger partial charge on any atom is 0.183 e. The molecule has 0 bridgehead atoms. The predicted octanol–water partition coefficient (Wildman–Crippen LogP) is 4.30. The standard InChI is InChI=1S/C13H14F2N2S/c1-2-3-6-16-13-17-12(8-18-13)9-4-5-10(14)11(15)7-9/h4-5,7-8H,2-3,6H2,1H3,(H,16,17). The van der Waals surface area contributed by atoms with Gasteiger partial charge in [-0.1, -0.05) is 13.3 Å². The molecule has 0 aliphatic rings. The summed E-state index contributed by atoms with van der Waals surface area (Å²) in [6.07, 6.45) is 2.20. The Bertz CT molecular complexity index is 525. The van der Waals surface area contributed by atoms with Gasteiger partial charge in [0.15, 0.2) is 16.8 Å². The maximum absolute atomic E-state index is 13.1. The smallest absolute Gasteiger partial charge is 0.183 e. The summed E-state index contributed by atoms with van der Waals surface area (Å²) in [7, 11) is 0. The van der Waals surface area contributed by atoms with E-state index < -0.39 is 11.6 Å². The van der Waals surface area contributed by atoms with Crippen molar-refractivity contribution in [2.75, 3.05) is 11.9 Å². The number of nitrogens with zero attached hydrogens (tertiary/aromatic N) is 1. The van der Waals surface area contributed by atoms with E-state index in [9.17, 15) is 8.78 Å². The van der Waals surface area contributed by atoms with E-state index in [2.05, 4.69) is 17.2 Å². The highest BCUT2D eigenvalue weighted by molar-refractivity contribution is 7.14. The maximum atomic E-state index is 13.1. The van der Waals surface area contributed by atoms with Crippen LogP contribution in [-0.2, 0) is 0 Å². The Labute approximate surface area is 109 Å². The number of benzene rings is 1. The fourth-order valence-corrected chi connectivity index (χ4v) is 2.26. The third-order valence-corrected chi connectivity index (χ3v) is 3.33. The summed E-state index contributed by atoms with van der Waals surface area (Å²) >= 11 is 1.47. The third kappa shape index (κ3) is 3.04. The normalized spacial score (nSPS) is 10.6. The molecule has 0 saturated carbocycles. The lowest BCUT2D eigenvalue weighted by Gasteiger charge is -2.00. The average molecular weight is 268 g/mol. The first-order chi connectivity index (χ1) is 8.70. The van der Waals surface area contributed by atoms with Crippen LogP contribution in [0.25, 0.3) is 11.3 Å². The van der Waals surface area contributed by atoms with Gasteiger partial charge in [-0.2, -0.15) is 0 Å². The molecule has 1 aromatic carbocycles. The summed E-state index contributed by atoms with van der Waals surface area (Å²) in [6, 6.07) is 3.82. The van der Waals surface area contributed by atoms with Gasteiger partial charge in [-0.25, -0.2) is 13.8 Å². The average Bonchev–Trinajstić information content (AvgIpc) is 2.82. The number of rotatable bonds is 5. The van der Waals surface area contributed by atoms with Gasteiger partial charge in [-0.05, 0) is 24.6 Å². The molecule has 96 valence electrons. The van der Waals surface area contributed by atoms with Crippen molar-refractivity contribution >= 4 is 16.5 Å². The second kappa shape index (κ2) is 5.91. The van der Waals surface area contributed by atoms with Gasteiger partial charge in [0.25, 0.3) is 0 Å². The van der Waals surface area contributed by atoms with Gasteiger partial charge in [0, 0.05) is 17.5 Å². The summed E-state index contributed by atoms with van der Waals surface area (Å²) in [6.45, 7) is 3.00. The zero-order valence-electron chi connectivity index (χ0n) is 10.0. The molecule has 2 nitrogen and oxygen atoms in total. The molecule has 18 heavy (non-hydrogen) atoms. The minimum atomic E-state index is -0.846. The molecule has 0 unspecified atom stereocenters. The summed E-state index contributed by atoms with van der Waals surface area (Å²) in [4.78, 5) is 4.34. The van der Waals surface area contributed by atoms with Crippen LogP contribution in [0.3, 0.4) is 0 Å². The van der Waals surface area contributed by atoms with Crippen LogP contribution in [0.2, 0.25) is 0 Å². The van der Waals surface area contributed by atoms with Crippen LogP contribution in [-0.4, -0.2) is 11.5 Å². The first-order valence-corrected chi connectivity index (χ1v) is 6.73. The molecule has 2 rings (SSSR count). The molecule has 0 fully saturated rings. The molecule has 0 atom stereocenters. The van der Waals surface area contributed by atoms with Crippen molar-refractivity contribution in [2.45, 2.75) is 19.8 Å². The van der Waals surface area contributed by atoms with Crippen molar-refractivity contribution in [3.8, 4) is 11.3 Å². The minimum Gasteiger partial charge on any atom is -0.362 e. The quantitative estimate of drug-likeness (QED) is 0.818. The van der Waals surface area contributed by atoms with Gasteiger partial charge in [0.2, 0.25) is 0 Å². The monoisotopic (exact) mass is 268 g/mol. The highest BCUT2D eigenvalue weighted by Crippen LogP contribution is 2.25. The van der Waals surface area contributed by atoms with Crippen molar-refractivity contribution < 1.29 is 8.78 Å². The summed E-state index contributed by atoms with van der Waals surface area (Å²) < 4.78 is 25.9. The van der Waals surface area contributed by atoms with E-state index in [-0.39, 0.29) is 0 Å². The zero-order chi connectivity index (χ0) is 13.0. The SMILES string of the molecule is CCCCNc1nc(-c2ccc(F)c(F)c2)cs1. The number of anilines is 1. The van der Waals surface area contributed by atoms with Crippen molar-refractivity contribution in [3.05, 3.63) is 35.2 Å². The van der Waals surface area contributed by atoms with Gasteiger partial charge in [0.1, 0.15) is 0 Å². The molecular formula is C13H14F2N2S. The second-order valence-electron chi connectivity index (χ2n) is 3.95. The molecule has 1 N–H and O–H groups in total. The highest BCUT2D eigenvalue weighted by atomic mass is 32.1. The molecule has 0 radical (unpaired) electrons. The summed E-state index contributed by atoms with van der Waals surface area (Å²) in [5.74, 6) is -1.68. The topological polar surface area (TPSA) is 24.9 Å². The van der Waals surface area contributed by atoms with Gasteiger partial charge < -0.3 is 5.32 Å². The fourth-order valence-electron chi connectivity index (χ4n) is 1.52. The number of thiazole rings is 1. The van der Waals surface area contributed by atoms with Crippen molar-refractivity contribution in [3.63, 3.8) is 0 Å². The molecule has 5 heteroatoms. The van der Waals surface area contributed by atoms with E-state index in [1.54, 1.807) is 0 Å². The largest absolute Gasteiger partial charge is 0.362 e. The lowest BCUT2D eigenvalue weighted by atomic mass is 10.2. The number of unbranched alkanes of at least 4 members (excludes halogenated alkanes) is 1. The Balaban J connectivity index is 2.11. The highest BCUT2D eigenvalue weighted by Gasteiger charge is 2.07. The van der Waals surface area contributed by atoms with Crippen LogP contribution in [0.1, 0.15) is 19.8 Å². The van der Waals surface area contributed by atoms with Crippen LogP contribution < -0.4 is 5.32 Å². The van der Waals surface area contributed by atoms with Crippen LogP contribution in [0.4, 0.5) is 13.9 Å². The van der Waals surface area contributed by atoms with E-state index in [4.69, 9.17) is 0 Å². The van der Waals surface area contributed by atoms with Gasteiger partial charge in [-0.15, -0.1) is 11.3 Å². The number of aromatic nitrogens is 1. The number of halogens is 2. The molecule has 1 heterocycles. The van der Waals surface area contributed by atoms with E-state index in [0.717, 1.165) is 30.6 Å². The summed E-state index contributed by atoms with van der Waals surface area (Å²) in [5.41, 5.74) is 1.26. The first-order valence-electron chi connectivity index (χ1n) is 5.85. The fraction of sp³-hybridized carbons (Fsp3) is 0.308. The molecule has 0 saturated heterocycles. The summed E-state index contributed by atoms with van der Waals surface area (Å²) in [5, 5.41) is 5.84. The van der Waals surface area contributed by atoms with Crippen LogP contribution in [0.15, 0.2) is 23.6 Å². The molecule has 0 aliphatic carbocycles. The lowest BCUT2D eigenvalue weighted by Crippen LogP contribution is -1.99. The van der Waals surface area contributed by atoms with Gasteiger partial charge >= 0.3 is 0 Å². The van der Waals surface area contributed by atoms with E-state index in [0.29, 0.717) is 11.3 Å². The number of hydrogen-bond donors (Lipinski definition) is 1. The minimum absolute atomic E-state index is 0.591. The van der Waals surface area contributed by atoms with Gasteiger partial charge in [-0.3, -0.25) is 0 Å². The number of hydrogen-bond acceptors (Lipinski definition) is 3. The zero-order valence-corrected chi connectivity index (χ0v) is 10.9. The Kier molecular flexibility index (Phi) is 4.25. The Morgan fingerprint density at radius 2 is 2.11 bits per heavy atom. The first kappa shape index (κ1) is 13.0. The van der Waals surface area contributed by atoms with Crippen molar-refractivity contribution in [1.82, 2.24) is 4.98 Å². The van der Waals surface area contributed by atoms with Crippen LogP contribution in [0, 0.1) is 11.6 Å². The predicted molar refractivity (Wildman–Crippen MR) is 70.9 cm³/mol. The second-order valence-corrected chi connectivity index (χ2v) is 4.81. The molecule has 0 aliphatic heterocycles. The molecule has 1 aromatic heterocycles. The Morgan fingerprint density at radius 1 is 1.28 bits per heavy atom. The van der Waals surface area contributed by atoms with E-state index in [1.807, 2.05) is 5.38 Å². The van der Waals surface area contributed by atoms with Crippen LogP contribution in [0.5, 0.6) is 0 Å². The third-order valence-electron chi connectivity index (χ3n) is 2.53. The Hall–Kier alpha value is -1.49. The van der Waals surface area contributed by atoms with Crippen molar-refractivity contribution in [2.24, 2.45) is 0 Å². The number of nitrogens with one attached hydrogen (secondary N) is 1. The van der Waals surface area contributed by atoms with Crippen LogP contribution >= 0.6 is 11.3 Å². The molecule has 0 spiro atoms. The van der Waals surface area contributed by atoms with Crippen molar-refractivity contribution in [1.29, 1.82) is 0 Å². The lowest BCUT2D eigenvalue weighted by molar-refractivity contribution is 0.509. The molecular weight excluding hydrogens is 254 g/mol. The van der Waals surface area contributed by atoms with E-state index in [1.165, 1.54) is 23.5 Å². The van der Waals surface area contributed by atoms with Gasteiger partial charge in [0.05, 0.1) is 5.69 Å². The Morgan fingerprint density at radius 3 is 2.83 bits per heavy atom.